The molecule has 0 amide bonds. The number of carbonyl (C=O) groups excluding carboxylic acids is 1. The number of likely N-dealkylation sites (tertiary alicyclic amines) is 1. The van der Waals surface area contributed by atoms with Crippen LogP contribution in [0.3, 0.4) is 0 Å². The Morgan fingerprint density at radius 1 is 1.08 bits per heavy atom. The standard InChI is InChI=1S/C29H26FNO5S.Na.H/c1-16-11-20(30)12-17(2)25(16)27(33)28-26(23-8-5-21(32)13-24(23)37-28)18-3-6-22(7-4-18)36-10-9-31-14-19(15-31)29(34)35;;/h3-8,11-13,19,32H,9-10,14-15H2,1-2H3,(H,34,35);;/q;+1;-1. The minimum atomic E-state index is -0.758. The van der Waals surface area contributed by atoms with E-state index in [0.29, 0.717) is 53.6 Å². The van der Waals surface area contributed by atoms with Gasteiger partial charge in [-0.3, -0.25) is 14.5 Å². The van der Waals surface area contributed by atoms with Gasteiger partial charge in [-0.1, -0.05) is 12.1 Å². The fraction of sp³-hybridized carbons (Fsp3) is 0.241. The summed E-state index contributed by atoms with van der Waals surface area (Å²) in [6.45, 7) is 5.65. The number of halogens is 1. The molecule has 0 saturated carbocycles. The Labute approximate surface area is 247 Å². The number of aliphatic carboxylic acids is 1. The average Bonchev–Trinajstić information content (AvgIpc) is 3.18. The van der Waals surface area contributed by atoms with Gasteiger partial charge in [0.15, 0.2) is 0 Å². The molecule has 3 aromatic carbocycles. The largest absolute Gasteiger partial charge is 1.00 e. The third kappa shape index (κ3) is 5.65. The van der Waals surface area contributed by atoms with Gasteiger partial charge in [0.2, 0.25) is 5.78 Å². The zero-order chi connectivity index (χ0) is 26.3. The molecule has 0 aliphatic carbocycles. The van der Waals surface area contributed by atoms with Crippen molar-refractivity contribution in [1.82, 2.24) is 4.90 Å². The van der Waals surface area contributed by atoms with Gasteiger partial charge in [-0.05, 0) is 73.0 Å². The molecule has 1 aliphatic heterocycles. The molecule has 192 valence electrons. The van der Waals surface area contributed by atoms with Crippen molar-refractivity contribution in [2.24, 2.45) is 5.92 Å². The van der Waals surface area contributed by atoms with Crippen LogP contribution in [-0.4, -0.2) is 53.1 Å². The summed E-state index contributed by atoms with van der Waals surface area (Å²) in [6, 6.07) is 15.3. The third-order valence-corrected chi connectivity index (χ3v) is 7.88. The van der Waals surface area contributed by atoms with E-state index >= 15 is 0 Å². The number of benzene rings is 3. The van der Waals surface area contributed by atoms with Gasteiger partial charge in [-0.25, -0.2) is 4.39 Å². The van der Waals surface area contributed by atoms with E-state index in [1.807, 2.05) is 29.2 Å². The zero-order valence-corrected chi connectivity index (χ0v) is 24.3. The van der Waals surface area contributed by atoms with Crippen LogP contribution in [0.5, 0.6) is 11.5 Å². The molecule has 6 nitrogen and oxygen atoms in total. The monoisotopic (exact) mass is 543 g/mol. The molecule has 5 rings (SSSR count). The first-order chi connectivity index (χ1) is 17.7. The molecule has 9 heteroatoms. The van der Waals surface area contributed by atoms with E-state index in [9.17, 15) is 19.1 Å². The van der Waals surface area contributed by atoms with Crippen LogP contribution in [0.25, 0.3) is 21.2 Å². The quantitative estimate of drug-likeness (QED) is 0.263. The van der Waals surface area contributed by atoms with Gasteiger partial charge in [-0.2, -0.15) is 0 Å². The van der Waals surface area contributed by atoms with Crippen LogP contribution >= 0.6 is 11.3 Å². The number of aryl methyl sites for hydroxylation is 2. The second kappa shape index (κ2) is 11.6. The first-order valence-corrected chi connectivity index (χ1v) is 12.8. The summed E-state index contributed by atoms with van der Waals surface area (Å²) in [4.78, 5) is 27.3. The van der Waals surface area contributed by atoms with Gasteiger partial charge in [0, 0.05) is 40.8 Å². The van der Waals surface area contributed by atoms with E-state index in [2.05, 4.69) is 0 Å². The molecule has 0 atom stereocenters. The number of ether oxygens (including phenoxy) is 1. The van der Waals surface area contributed by atoms with Crippen LogP contribution in [0, 0.1) is 25.6 Å². The van der Waals surface area contributed by atoms with Crippen molar-refractivity contribution in [2.75, 3.05) is 26.2 Å². The number of ketones is 1. The Balaban J connectivity index is 0.00000210. The van der Waals surface area contributed by atoms with Gasteiger partial charge in [-0.15, -0.1) is 11.3 Å². The molecule has 1 aromatic heterocycles. The van der Waals surface area contributed by atoms with Crippen LogP contribution in [0.1, 0.15) is 27.8 Å². The first-order valence-electron chi connectivity index (χ1n) is 12.0. The Bertz CT molecular complexity index is 1500. The number of phenols is 1. The first kappa shape index (κ1) is 28.3. The van der Waals surface area contributed by atoms with Gasteiger partial charge in [0.05, 0.1) is 10.8 Å². The zero-order valence-electron chi connectivity index (χ0n) is 22.5. The van der Waals surface area contributed by atoms with Crippen molar-refractivity contribution < 1.29 is 59.9 Å². The SMILES string of the molecule is Cc1cc(F)cc(C)c1C(=O)c1sc2cc(O)ccc2c1-c1ccc(OCCN2CC(C(=O)O)C2)cc1.[H-].[Na+]. The summed E-state index contributed by atoms with van der Waals surface area (Å²) in [5.74, 6) is -0.810. The van der Waals surface area contributed by atoms with Crippen molar-refractivity contribution in [3.8, 4) is 22.6 Å². The Hall–Kier alpha value is -2.75. The molecule has 2 N–H and O–H groups in total. The molecule has 0 unspecified atom stereocenters. The number of phenolic OH excluding ortho intramolecular Hbond substituents is 1. The van der Waals surface area contributed by atoms with E-state index < -0.39 is 5.97 Å². The van der Waals surface area contributed by atoms with Gasteiger partial charge < -0.3 is 16.4 Å². The number of fused-ring (bicyclic) bond motifs is 1. The third-order valence-electron chi connectivity index (χ3n) is 6.73. The molecule has 1 aliphatic rings. The molecule has 0 radical (unpaired) electrons. The Kier molecular flexibility index (Phi) is 8.59. The predicted molar refractivity (Wildman–Crippen MR) is 142 cm³/mol. The number of thiophene rings is 1. The van der Waals surface area contributed by atoms with Crippen LogP contribution < -0.4 is 34.3 Å². The number of rotatable bonds is 8. The summed E-state index contributed by atoms with van der Waals surface area (Å²) in [5, 5.41) is 19.9. The molecule has 4 aromatic rings. The summed E-state index contributed by atoms with van der Waals surface area (Å²) >= 11 is 1.31. The normalized spacial score (nSPS) is 13.7. The number of carboxylic acids is 1. The van der Waals surface area contributed by atoms with Crippen molar-refractivity contribution in [3.05, 3.63) is 82.0 Å². The summed E-state index contributed by atoms with van der Waals surface area (Å²) in [5.41, 5.74) is 3.23. The Morgan fingerprint density at radius 2 is 1.74 bits per heavy atom. The molecular weight excluding hydrogens is 516 g/mol. The minimum Gasteiger partial charge on any atom is -1.00 e. The van der Waals surface area contributed by atoms with E-state index in [4.69, 9.17) is 9.84 Å². The topological polar surface area (TPSA) is 87.1 Å². The summed E-state index contributed by atoms with van der Waals surface area (Å²) in [7, 11) is 0. The number of aromatic hydroxyl groups is 1. The predicted octanol–water partition coefficient (Wildman–Crippen LogP) is 2.77. The molecule has 38 heavy (non-hydrogen) atoms. The van der Waals surface area contributed by atoms with Crippen LogP contribution in [-0.2, 0) is 4.79 Å². The number of carbonyl (C=O) groups is 2. The van der Waals surface area contributed by atoms with E-state index in [1.165, 1.54) is 23.5 Å². The molecule has 1 saturated heterocycles. The second-order valence-electron chi connectivity index (χ2n) is 9.40. The maximum Gasteiger partial charge on any atom is 1.00 e. The van der Waals surface area contributed by atoms with Crippen LogP contribution in [0.4, 0.5) is 4.39 Å². The number of carboxylic acid groups (broad SMARTS) is 1. The molecule has 0 spiro atoms. The molecule has 1 fully saturated rings. The number of nitrogens with zero attached hydrogens (tertiary/aromatic N) is 1. The maximum absolute atomic E-state index is 13.9. The molecule has 0 bridgehead atoms. The van der Waals surface area contributed by atoms with Crippen molar-refractivity contribution in [1.29, 1.82) is 0 Å². The number of hydrogen-bond donors (Lipinski definition) is 2. The summed E-state index contributed by atoms with van der Waals surface area (Å²) in [6.07, 6.45) is 0. The van der Waals surface area contributed by atoms with E-state index in [-0.39, 0.29) is 54.3 Å². The smallest absolute Gasteiger partial charge is 1.00 e. The van der Waals surface area contributed by atoms with E-state index in [0.717, 1.165) is 21.2 Å². The summed E-state index contributed by atoms with van der Waals surface area (Å²) < 4.78 is 20.5. The Morgan fingerprint density at radius 3 is 2.37 bits per heavy atom. The van der Waals surface area contributed by atoms with Crippen molar-refractivity contribution in [2.45, 2.75) is 13.8 Å². The number of hydrogen-bond acceptors (Lipinski definition) is 6. The average molecular weight is 544 g/mol. The minimum absolute atomic E-state index is 0. The molecular formula is C29H27FNNaO5S. The van der Waals surface area contributed by atoms with Gasteiger partial charge in [0.1, 0.15) is 23.9 Å². The maximum atomic E-state index is 13.9. The molecule has 2 heterocycles. The van der Waals surface area contributed by atoms with Crippen LogP contribution in [0.2, 0.25) is 0 Å². The van der Waals surface area contributed by atoms with Gasteiger partial charge >= 0.3 is 35.5 Å². The van der Waals surface area contributed by atoms with Gasteiger partial charge in [0.25, 0.3) is 0 Å². The fourth-order valence-electron chi connectivity index (χ4n) is 4.83. The van der Waals surface area contributed by atoms with E-state index in [1.54, 1.807) is 32.0 Å². The fourth-order valence-corrected chi connectivity index (χ4v) is 6.04. The van der Waals surface area contributed by atoms with Crippen molar-refractivity contribution in [3.63, 3.8) is 0 Å². The van der Waals surface area contributed by atoms with Crippen LogP contribution in [0.15, 0.2) is 54.6 Å². The van der Waals surface area contributed by atoms with Crippen molar-refractivity contribution >= 4 is 33.2 Å². The second-order valence-corrected chi connectivity index (χ2v) is 10.5.